The van der Waals surface area contributed by atoms with Gasteiger partial charge in [0.05, 0.1) is 6.10 Å². The van der Waals surface area contributed by atoms with Crippen LogP contribution in [0.1, 0.15) is 26.2 Å². The molecule has 0 aliphatic heterocycles. The number of hydrogen-bond donors (Lipinski definition) is 5. The number of unbranched alkanes of at least 4 members (excludes halogenated alkanes) is 1. The van der Waals surface area contributed by atoms with Crippen LogP contribution in [0.5, 0.6) is 0 Å². The van der Waals surface area contributed by atoms with E-state index in [4.69, 9.17) is 10.2 Å². The van der Waals surface area contributed by atoms with E-state index in [9.17, 15) is 19.5 Å². The molecule has 0 saturated carbocycles. The second-order valence-corrected chi connectivity index (χ2v) is 5.33. The van der Waals surface area contributed by atoms with Crippen LogP contribution in [0.15, 0.2) is 27.9 Å². The van der Waals surface area contributed by atoms with E-state index in [2.05, 4.69) is 9.69 Å². The first-order valence-corrected chi connectivity index (χ1v) is 7.92. The third-order valence-electron chi connectivity index (χ3n) is 2.56. The molecule has 8 nitrogen and oxygen atoms in total. The number of H-pyrrole nitrogens is 1. The minimum atomic E-state index is -1.33. The number of aliphatic hydroxyl groups is 1. The standard InChI is InChI=1S/C11H19NO5.C3H3NOS/c1-2-3-4-12-7-9(13)5-8(11(16)17)6-10(14)15;5-3-1-2-6-4-3/h6,9,12-13H,2-5,7H2,1H3,(H,14,15)(H,16,17);1-2H,(H,4,5)/b8-6-;. The van der Waals surface area contributed by atoms with E-state index >= 15 is 0 Å². The van der Waals surface area contributed by atoms with E-state index in [0.29, 0.717) is 6.08 Å². The van der Waals surface area contributed by atoms with Crippen molar-refractivity contribution in [1.82, 2.24) is 9.69 Å². The maximum atomic E-state index is 10.7. The molecule has 0 saturated heterocycles. The summed E-state index contributed by atoms with van der Waals surface area (Å²) in [7, 11) is 0. The van der Waals surface area contributed by atoms with Gasteiger partial charge in [0, 0.05) is 36.1 Å². The highest BCUT2D eigenvalue weighted by Gasteiger charge is 2.14. The quantitative estimate of drug-likeness (QED) is 0.327. The summed E-state index contributed by atoms with van der Waals surface area (Å²) in [6.07, 6.45) is 1.54. The molecule has 1 heterocycles. The first-order valence-electron chi connectivity index (χ1n) is 7.04. The molecule has 0 aliphatic carbocycles. The average molecular weight is 346 g/mol. The van der Waals surface area contributed by atoms with Gasteiger partial charge >= 0.3 is 11.9 Å². The normalized spacial score (nSPS) is 12.2. The maximum Gasteiger partial charge on any atom is 0.331 e. The Labute approximate surface area is 137 Å². The van der Waals surface area contributed by atoms with E-state index in [0.717, 1.165) is 19.4 Å². The van der Waals surface area contributed by atoms with E-state index in [-0.39, 0.29) is 24.1 Å². The van der Waals surface area contributed by atoms with Gasteiger partial charge in [-0.25, -0.2) is 9.59 Å². The summed E-state index contributed by atoms with van der Waals surface area (Å²) in [6, 6.07) is 1.49. The molecule has 1 rings (SSSR count). The van der Waals surface area contributed by atoms with Gasteiger partial charge in [0.1, 0.15) is 0 Å². The largest absolute Gasteiger partial charge is 0.478 e. The Morgan fingerprint density at radius 2 is 2.13 bits per heavy atom. The Hall–Kier alpha value is -1.97. The van der Waals surface area contributed by atoms with Crippen LogP contribution in [0.3, 0.4) is 0 Å². The lowest BCUT2D eigenvalue weighted by molar-refractivity contribution is -0.135. The van der Waals surface area contributed by atoms with Crippen molar-refractivity contribution in [3.05, 3.63) is 33.4 Å². The summed E-state index contributed by atoms with van der Waals surface area (Å²) in [4.78, 5) is 31.1. The third kappa shape index (κ3) is 12.3. The summed E-state index contributed by atoms with van der Waals surface area (Å²) in [5.74, 6) is -2.64. The van der Waals surface area contributed by atoms with Crippen molar-refractivity contribution in [1.29, 1.82) is 0 Å². The number of nitrogens with one attached hydrogen (secondary N) is 2. The van der Waals surface area contributed by atoms with Crippen molar-refractivity contribution >= 4 is 23.5 Å². The zero-order valence-electron chi connectivity index (χ0n) is 12.8. The van der Waals surface area contributed by atoms with Crippen LogP contribution in [0.2, 0.25) is 0 Å². The SMILES string of the molecule is CCCCNCC(O)C/C(=C/C(=O)O)C(=O)O.O=c1ccs[nH]1. The van der Waals surface area contributed by atoms with Crippen LogP contribution < -0.4 is 10.9 Å². The van der Waals surface area contributed by atoms with Crippen LogP contribution in [-0.4, -0.2) is 50.8 Å². The Kier molecular flexibility index (Phi) is 11.5. The fraction of sp³-hybridized carbons (Fsp3) is 0.500. The van der Waals surface area contributed by atoms with Crippen LogP contribution in [0, 0.1) is 0 Å². The molecule has 1 aromatic rings. The second-order valence-electron chi connectivity index (χ2n) is 4.62. The average Bonchev–Trinajstić information content (AvgIpc) is 2.94. The van der Waals surface area contributed by atoms with Crippen molar-refractivity contribution in [3.63, 3.8) is 0 Å². The minimum absolute atomic E-state index is 0.0139. The van der Waals surface area contributed by atoms with Gasteiger partial charge in [0.2, 0.25) is 0 Å². The van der Waals surface area contributed by atoms with Gasteiger partial charge in [-0.05, 0) is 13.0 Å². The van der Waals surface area contributed by atoms with E-state index in [1.165, 1.54) is 17.6 Å². The predicted octanol–water partition coefficient (Wildman–Crippen LogP) is 0.659. The molecule has 1 unspecified atom stereocenters. The topological polar surface area (TPSA) is 140 Å². The summed E-state index contributed by atoms with van der Waals surface area (Å²) in [5, 5.41) is 31.4. The number of aromatic amines is 1. The number of carboxylic acids is 2. The lowest BCUT2D eigenvalue weighted by Crippen LogP contribution is -2.28. The van der Waals surface area contributed by atoms with Crippen molar-refractivity contribution in [2.45, 2.75) is 32.3 Å². The number of hydrogen-bond acceptors (Lipinski definition) is 6. The lowest BCUT2D eigenvalue weighted by atomic mass is 10.1. The highest BCUT2D eigenvalue weighted by Crippen LogP contribution is 2.05. The second kappa shape index (κ2) is 12.6. The maximum absolute atomic E-state index is 10.7. The predicted molar refractivity (Wildman–Crippen MR) is 86.7 cm³/mol. The third-order valence-corrected chi connectivity index (χ3v) is 3.15. The number of aliphatic hydroxyl groups excluding tert-OH is 1. The van der Waals surface area contributed by atoms with Crippen molar-refractivity contribution < 1.29 is 24.9 Å². The van der Waals surface area contributed by atoms with Gasteiger partial charge in [-0.2, -0.15) is 0 Å². The number of rotatable bonds is 9. The van der Waals surface area contributed by atoms with E-state index < -0.39 is 18.0 Å². The number of aliphatic carboxylic acids is 2. The Morgan fingerprint density at radius 1 is 1.43 bits per heavy atom. The van der Waals surface area contributed by atoms with Crippen LogP contribution in [-0.2, 0) is 9.59 Å². The monoisotopic (exact) mass is 346 g/mol. The van der Waals surface area contributed by atoms with E-state index in [1.807, 2.05) is 6.92 Å². The molecule has 130 valence electrons. The smallest absolute Gasteiger partial charge is 0.331 e. The lowest BCUT2D eigenvalue weighted by Gasteiger charge is -2.11. The zero-order valence-corrected chi connectivity index (χ0v) is 13.6. The Balaban J connectivity index is 0.000000664. The highest BCUT2D eigenvalue weighted by molar-refractivity contribution is 7.03. The number of carbonyl (C=O) groups is 2. The van der Waals surface area contributed by atoms with Crippen LogP contribution in [0.4, 0.5) is 0 Å². The zero-order chi connectivity index (χ0) is 17.7. The molecule has 0 radical (unpaired) electrons. The molecular formula is C14H22N2O6S. The van der Waals surface area contributed by atoms with Crippen molar-refractivity contribution in [3.8, 4) is 0 Å². The molecule has 5 N–H and O–H groups in total. The van der Waals surface area contributed by atoms with Gasteiger partial charge in [-0.1, -0.05) is 24.9 Å². The molecule has 0 amide bonds. The first kappa shape index (κ1) is 21.0. The van der Waals surface area contributed by atoms with Gasteiger partial charge in [0.25, 0.3) is 5.56 Å². The molecule has 0 aliphatic rings. The van der Waals surface area contributed by atoms with Gasteiger partial charge in [-0.3, -0.25) is 9.17 Å². The van der Waals surface area contributed by atoms with Gasteiger partial charge in [0.15, 0.2) is 0 Å². The van der Waals surface area contributed by atoms with E-state index in [1.54, 1.807) is 5.38 Å². The molecule has 0 aromatic carbocycles. The summed E-state index contributed by atoms with van der Waals surface area (Å²) < 4.78 is 2.49. The summed E-state index contributed by atoms with van der Waals surface area (Å²) in [5.41, 5.74) is -0.317. The molecule has 1 atom stereocenters. The summed E-state index contributed by atoms with van der Waals surface area (Å²) >= 11 is 1.30. The first-order chi connectivity index (χ1) is 10.9. The molecule has 0 fully saturated rings. The van der Waals surface area contributed by atoms with Gasteiger partial charge < -0.3 is 20.6 Å². The summed E-state index contributed by atoms with van der Waals surface area (Å²) in [6.45, 7) is 3.04. The molecule has 23 heavy (non-hydrogen) atoms. The fourth-order valence-electron chi connectivity index (χ4n) is 1.48. The van der Waals surface area contributed by atoms with Crippen molar-refractivity contribution in [2.75, 3.05) is 13.1 Å². The fourth-order valence-corrected chi connectivity index (χ4v) is 1.92. The van der Waals surface area contributed by atoms with Crippen LogP contribution in [0.25, 0.3) is 0 Å². The molecule has 1 aromatic heterocycles. The van der Waals surface area contributed by atoms with Gasteiger partial charge in [-0.15, -0.1) is 0 Å². The molecule has 0 bridgehead atoms. The van der Waals surface area contributed by atoms with Crippen molar-refractivity contribution in [2.24, 2.45) is 0 Å². The number of aromatic nitrogens is 1. The van der Waals surface area contributed by atoms with Crippen LogP contribution >= 0.6 is 11.5 Å². The highest BCUT2D eigenvalue weighted by atomic mass is 32.1. The number of carboxylic acid groups (broad SMARTS) is 2. The Bertz CT molecular complexity index is 535. The Morgan fingerprint density at radius 3 is 2.52 bits per heavy atom. The molecular weight excluding hydrogens is 324 g/mol. The molecule has 0 spiro atoms. The minimum Gasteiger partial charge on any atom is -0.478 e. The molecule has 9 heteroatoms.